The Kier molecular flexibility index (Phi) is 3.80. The minimum Gasteiger partial charge on any atom is -0.479 e. The molecule has 1 aromatic carbocycles. The smallest absolute Gasteiger partial charge is 0.337 e. The molecule has 0 saturated carbocycles. The average molecular weight is 346 g/mol. The summed E-state index contributed by atoms with van der Waals surface area (Å²) in [5.41, 5.74) is -0.644. The molecule has 1 aromatic rings. The van der Waals surface area contributed by atoms with Crippen molar-refractivity contribution in [3.05, 3.63) is 32.2 Å². The number of aliphatic hydroxyl groups is 1. The van der Waals surface area contributed by atoms with Crippen molar-refractivity contribution in [2.45, 2.75) is 6.10 Å². The molecule has 2 N–H and O–H groups in total. The van der Waals surface area contributed by atoms with Crippen LogP contribution < -0.4 is 0 Å². The molecule has 15 heavy (non-hydrogen) atoms. The van der Waals surface area contributed by atoms with Gasteiger partial charge in [0, 0.05) is 5.56 Å². The molecule has 1 atom stereocenters. The molecule has 0 aromatic heterocycles. The Morgan fingerprint density at radius 3 is 2.40 bits per heavy atom. The Bertz CT molecular complexity index is 397. The van der Waals surface area contributed by atoms with Gasteiger partial charge in [-0.1, -0.05) is 0 Å². The zero-order valence-corrected chi connectivity index (χ0v) is 10.1. The molecule has 0 fully saturated rings. The topological polar surface area (TPSA) is 57.5 Å². The number of benzene rings is 1. The number of hydrogen-bond acceptors (Lipinski definition) is 2. The lowest BCUT2D eigenvalue weighted by atomic mass is 10.1. The molecule has 1 rings (SSSR count). The van der Waals surface area contributed by atoms with E-state index in [1.54, 1.807) is 0 Å². The summed E-state index contributed by atoms with van der Waals surface area (Å²) in [4.78, 5) is 10.5. The van der Waals surface area contributed by atoms with E-state index >= 15 is 0 Å². The van der Waals surface area contributed by atoms with E-state index in [1.807, 2.05) is 0 Å². The third-order valence-corrected chi connectivity index (χ3v) is 3.04. The van der Waals surface area contributed by atoms with Crippen molar-refractivity contribution in [2.24, 2.45) is 0 Å². The van der Waals surface area contributed by atoms with Crippen molar-refractivity contribution in [3.8, 4) is 0 Å². The molecule has 0 aliphatic heterocycles. The molecule has 7 heteroatoms. The van der Waals surface area contributed by atoms with E-state index < -0.39 is 33.7 Å². The van der Waals surface area contributed by atoms with Gasteiger partial charge < -0.3 is 10.2 Å². The largest absolute Gasteiger partial charge is 0.479 e. The number of halogens is 4. The van der Waals surface area contributed by atoms with Crippen LogP contribution in [-0.2, 0) is 4.79 Å². The number of carboxylic acid groups (broad SMARTS) is 1. The molecule has 0 heterocycles. The van der Waals surface area contributed by atoms with E-state index in [2.05, 4.69) is 31.9 Å². The van der Waals surface area contributed by atoms with Gasteiger partial charge in [0.05, 0.1) is 8.95 Å². The minimum atomic E-state index is -2.12. The maximum Gasteiger partial charge on any atom is 0.337 e. The van der Waals surface area contributed by atoms with Crippen molar-refractivity contribution in [3.63, 3.8) is 0 Å². The third kappa shape index (κ3) is 2.35. The highest BCUT2D eigenvalue weighted by molar-refractivity contribution is 9.11. The van der Waals surface area contributed by atoms with Crippen LogP contribution in [0.15, 0.2) is 15.0 Å². The van der Waals surface area contributed by atoms with E-state index in [0.717, 1.165) is 6.07 Å². The van der Waals surface area contributed by atoms with E-state index in [1.165, 1.54) is 0 Å². The Labute approximate surface area is 100.0 Å². The van der Waals surface area contributed by atoms with E-state index in [0.29, 0.717) is 0 Å². The maximum atomic E-state index is 13.4. The zero-order valence-electron chi connectivity index (χ0n) is 6.97. The van der Waals surface area contributed by atoms with Gasteiger partial charge >= 0.3 is 5.97 Å². The summed E-state index contributed by atoms with van der Waals surface area (Å²) in [6.07, 6.45) is -2.12. The lowest BCUT2D eigenvalue weighted by molar-refractivity contribution is -0.147. The van der Waals surface area contributed by atoms with Crippen LogP contribution >= 0.6 is 31.9 Å². The second-order valence-electron chi connectivity index (χ2n) is 2.62. The maximum absolute atomic E-state index is 13.4. The predicted molar refractivity (Wildman–Crippen MR) is 54.4 cm³/mol. The summed E-state index contributed by atoms with van der Waals surface area (Å²) < 4.78 is 25.8. The molecule has 0 radical (unpaired) electrons. The number of rotatable bonds is 2. The standard InChI is InChI=1S/C8H4Br2F2O3/c9-2-1-3(11)5(10)4(6(2)12)7(13)8(14)15/h1,7,13H,(H,14,15). The Morgan fingerprint density at radius 1 is 1.40 bits per heavy atom. The number of carboxylic acids is 1. The first kappa shape index (κ1) is 12.5. The summed E-state index contributed by atoms with van der Waals surface area (Å²) in [6, 6.07) is 0.831. The molecule has 0 bridgehead atoms. The molecule has 0 spiro atoms. The second-order valence-corrected chi connectivity index (χ2v) is 4.27. The van der Waals surface area contributed by atoms with Gasteiger partial charge in [0.15, 0.2) is 6.10 Å². The van der Waals surface area contributed by atoms with Crippen LogP contribution in [0.2, 0.25) is 0 Å². The average Bonchev–Trinajstić information content (AvgIpc) is 2.15. The molecule has 82 valence electrons. The van der Waals surface area contributed by atoms with E-state index in [-0.39, 0.29) is 4.47 Å². The quantitative estimate of drug-likeness (QED) is 0.810. The summed E-state index contributed by atoms with van der Waals surface area (Å²) in [5.74, 6) is -3.54. The zero-order chi connectivity index (χ0) is 11.7. The highest BCUT2D eigenvalue weighted by Crippen LogP contribution is 2.33. The molecule has 0 amide bonds. The number of aliphatic carboxylic acids is 1. The molecule has 0 aliphatic carbocycles. The van der Waals surface area contributed by atoms with Crippen LogP contribution in [0.25, 0.3) is 0 Å². The third-order valence-electron chi connectivity index (χ3n) is 1.65. The van der Waals surface area contributed by atoms with Gasteiger partial charge in [-0.3, -0.25) is 0 Å². The normalized spacial score (nSPS) is 12.6. The van der Waals surface area contributed by atoms with Gasteiger partial charge in [0.25, 0.3) is 0 Å². The highest BCUT2D eigenvalue weighted by Gasteiger charge is 2.26. The first-order valence-electron chi connectivity index (χ1n) is 3.60. The van der Waals surface area contributed by atoms with Gasteiger partial charge in [-0.25, -0.2) is 13.6 Å². The van der Waals surface area contributed by atoms with Crippen molar-refractivity contribution >= 4 is 37.8 Å². The van der Waals surface area contributed by atoms with Crippen LogP contribution in [0.4, 0.5) is 8.78 Å². The number of carbonyl (C=O) groups is 1. The fourth-order valence-electron chi connectivity index (χ4n) is 0.955. The van der Waals surface area contributed by atoms with Crippen molar-refractivity contribution in [1.82, 2.24) is 0 Å². The van der Waals surface area contributed by atoms with Crippen LogP contribution in [-0.4, -0.2) is 16.2 Å². The molecule has 0 aliphatic rings. The fraction of sp³-hybridized carbons (Fsp3) is 0.125. The monoisotopic (exact) mass is 344 g/mol. The first-order valence-corrected chi connectivity index (χ1v) is 5.18. The summed E-state index contributed by atoms with van der Waals surface area (Å²) >= 11 is 5.38. The summed E-state index contributed by atoms with van der Waals surface area (Å²) in [6.45, 7) is 0. The van der Waals surface area contributed by atoms with Gasteiger partial charge in [-0.15, -0.1) is 0 Å². The molecular formula is C8H4Br2F2O3. The van der Waals surface area contributed by atoms with Crippen molar-refractivity contribution in [1.29, 1.82) is 0 Å². The lowest BCUT2D eigenvalue weighted by Crippen LogP contribution is -2.14. The van der Waals surface area contributed by atoms with Crippen LogP contribution in [0.3, 0.4) is 0 Å². The van der Waals surface area contributed by atoms with Crippen LogP contribution in [0, 0.1) is 11.6 Å². The molecular weight excluding hydrogens is 342 g/mol. The first-order chi connectivity index (χ1) is 6.86. The Hall–Kier alpha value is -0.530. The minimum absolute atomic E-state index is 0.251. The number of hydrogen-bond donors (Lipinski definition) is 2. The summed E-state index contributed by atoms with van der Waals surface area (Å²) in [5, 5.41) is 17.6. The lowest BCUT2D eigenvalue weighted by Gasteiger charge is -2.11. The SMILES string of the molecule is O=C(O)C(O)c1c(F)c(Br)cc(F)c1Br. The second kappa shape index (κ2) is 4.54. The van der Waals surface area contributed by atoms with Gasteiger partial charge in [-0.2, -0.15) is 0 Å². The molecule has 1 unspecified atom stereocenters. The van der Waals surface area contributed by atoms with E-state index in [4.69, 9.17) is 10.2 Å². The Morgan fingerprint density at radius 2 is 1.93 bits per heavy atom. The summed E-state index contributed by atoms with van der Waals surface area (Å²) in [7, 11) is 0. The Balaban J connectivity index is 3.45. The fourth-order valence-corrected chi connectivity index (χ4v) is 1.88. The predicted octanol–water partition coefficient (Wildman–Crippen LogP) is 2.61. The van der Waals surface area contributed by atoms with Crippen LogP contribution in [0.5, 0.6) is 0 Å². The number of aliphatic hydroxyl groups excluding tert-OH is 1. The highest BCUT2D eigenvalue weighted by atomic mass is 79.9. The van der Waals surface area contributed by atoms with Crippen LogP contribution in [0.1, 0.15) is 11.7 Å². The molecule has 0 saturated heterocycles. The molecule has 3 nitrogen and oxygen atoms in total. The van der Waals surface area contributed by atoms with Gasteiger partial charge in [0.1, 0.15) is 11.6 Å². The van der Waals surface area contributed by atoms with Gasteiger partial charge in [-0.05, 0) is 37.9 Å². The van der Waals surface area contributed by atoms with Gasteiger partial charge in [0.2, 0.25) is 0 Å². The van der Waals surface area contributed by atoms with Crippen molar-refractivity contribution < 1.29 is 23.8 Å². The van der Waals surface area contributed by atoms with E-state index in [9.17, 15) is 13.6 Å². The van der Waals surface area contributed by atoms with Crippen molar-refractivity contribution in [2.75, 3.05) is 0 Å².